The molecule has 0 aliphatic carbocycles. The van der Waals surface area contributed by atoms with Crippen LogP contribution in [0.4, 0.5) is 0 Å². The summed E-state index contributed by atoms with van der Waals surface area (Å²) >= 11 is 0. The first-order chi connectivity index (χ1) is 9.24. The highest BCUT2D eigenvalue weighted by Crippen LogP contribution is 2.24. The zero-order chi connectivity index (χ0) is 13.7. The quantitative estimate of drug-likeness (QED) is 0.886. The third kappa shape index (κ3) is 3.46. The van der Waals surface area contributed by atoms with Crippen LogP contribution in [0, 0.1) is 18.3 Å². The number of benzene rings is 1. The highest BCUT2D eigenvalue weighted by Gasteiger charge is 2.11. The van der Waals surface area contributed by atoms with Gasteiger partial charge in [0.25, 0.3) is 0 Å². The lowest BCUT2D eigenvalue weighted by atomic mass is 10.0. The van der Waals surface area contributed by atoms with Crippen molar-refractivity contribution in [3.05, 3.63) is 28.8 Å². The third-order valence-corrected chi connectivity index (χ3v) is 3.59. The van der Waals surface area contributed by atoms with E-state index in [1.54, 1.807) is 7.11 Å². The molecule has 1 fully saturated rings. The van der Waals surface area contributed by atoms with Crippen molar-refractivity contribution in [2.45, 2.75) is 13.3 Å². The number of hydrogen-bond acceptors (Lipinski definition) is 4. The van der Waals surface area contributed by atoms with Crippen LogP contribution in [0.1, 0.15) is 16.7 Å². The number of nitrogens with one attached hydrogen (secondary N) is 1. The largest absolute Gasteiger partial charge is 0.495 e. The zero-order valence-corrected chi connectivity index (χ0v) is 11.7. The number of nitriles is 1. The molecule has 0 atom stereocenters. The molecule has 0 bridgehead atoms. The van der Waals surface area contributed by atoms with Crippen LogP contribution in [0.15, 0.2) is 12.1 Å². The molecule has 19 heavy (non-hydrogen) atoms. The maximum absolute atomic E-state index is 9.17. The molecule has 0 spiro atoms. The highest BCUT2D eigenvalue weighted by atomic mass is 16.5. The first kappa shape index (κ1) is 13.9. The van der Waals surface area contributed by atoms with Crippen molar-refractivity contribution in [2.24, 2.45) is 0 Å². The lowest BCUT2D eigenvalue weighted by Crippen LogP contribution is -2.44. The molecule has 4 nitrogen and oxygen atoms in total. The smallest absolute Gasteiger partial charge is 0.139 e. The minimum absolute atomic E-state index is 0.637. The normalized spacial score (nSPS) is 16.1. The Bertz CT molecular complexity index is 473. The molecule has 1 aromatic rings. The van der Waals surface area contributed by atoms with Crippen molar-refractivity contribution in [3.63, 3.8) is 0 Å². The number of ether oxygens (including phenoxy) is 1. The average molecular weight is 259 g/mol. The van der Waals surface area contributed by atoms with Gasteiger partial charge in [0.05, 0.1) is 12.7 Å². The summed E-state index contributed by atoms with van der Waals surface area (Å²) in [4.78, 5) is 2.46. The molecule has 0 aromatic heterocycles. The van der Waals surface area contributed by atoms with Crippen LogP contribution < -0.4 is 10.1 Å². The summed E-state index contributed by atoms with van der Waals surface area (Å²) in [5.41, 5.74) is 2.89. The maximum atomic E-state index is 9.17. The van der Waals surface area contributed by atoms with Crippen LogP contribution in [0.25, 0.3) is 0 Å². The number of aryl methyl sites for hydroxylation is 1. The molecule has 102 valence electrons. The monoisotopic (exact) mass is 259 g/mol. The summed E-state index contributed by atoms with van der Waals surface area (Å²) in [6, 6.07) is 6.30. The van der Waals surface area contributed by atoms with E-state index in [1.807, 2.05) is 13.0 Å². The first-order valence-corrected chi connectivity index (χ1v) is 6.75. The van der Waals surface area contributed by atoms with E-state index in [2.05, 4.69) is 22.4 Å². The second-order valence-corrected chi connectivity index (χ2v) is 4.95. The number of rotatable bonds is 4. The van der Waals surface area contributed by atoms with E-state index in [0.29, 0.717) is 11.3 Å². The van der Waals surface area contributed by atoms with Gasteiger partial charge in [-0.25, -0.2) is 0 Å². The number of nitrogens with zero attached hydrogens (tertiary/aromatic N) is 2. The van der Waals surface area contributed by atoms with E-state index in [9.17, 15) is 0 Å². The van der Waals surface area contributed by atoms with Gasteiger partial charge >= 0.3 is 0 Å². The van der Waals surface area contributed by atoms with Gasteiger partial charge in [-0.1, -0.05) is 6.07 Å². The van der Waals surface area contributed by atoms with E-state index in [-0.39, 0.29) is 0 Å². The summed E-state index contributed by atoms with van der Waals surface area (Å²) < 4.78 is 5.28. The second-order valence-electron chi connectivity index (χ2n) is 4.95. The average Bonchev–Trinajstić information content (AvgIpc) is 2.45. The van der Waals surface area contributed by atoms with Gasteiger partial charge in [0.1, 0.15) is 11.8 Å². The SMILES string of the molecule is COc1c(C)cc(CCN2CCNCC2)cc1C#N. The fraction of sp³-hybridized carbons (Fsp3) is 0.533. The zero-order valence-electron chi connectivity index (χ0n) is 11.7. The lowest BCUT2D eigenvalue weighted by Gasteiger charge is -2.27. The lowest BCUT2D eigenvalue weighted by molar-refractivity contribution is 0.244. The topological polar surface area (TPSA) is 48.3 Å². The van der Waals surface area contributed by atoms with Crippen molar-refractivity contribution in [1.29, 1.82) is 5.26 Å². The first-order valence-electron chi connectivity index (χ1n) is 6.75. The van der Waals surface area contributed by atoms with Crippen LogP contribution in [-0.2, 0) is 6.42 Å². The fourth-order valence-electron chi connectivity index (χ4n) is 2.57. The summed E-state index contributed by atoms with van der Waals surface area (Å²) in [6.45, 7) is 7.42. The Morgan fingerprint density at radius 1 is 1.37 bits per heavy atom. The van der Waals surface area contributed by atoms with E-state index >= 15 is 0 Å². The molecule has 1 aliphatic rings. The summed E-state index contributed by atoms with van der Waals surface area (Å²) in [6.07, 6.45) is 0.986. The van der Waals surface area contributed by atoms with Crippen LogP contribution in [0.5, 0.6) is 5.75 Å². The van der Waals surface area contributed by atoms with Crippen LogP contribution in [0.2, 0.25) is 0 Å². The van der Waals surface area contributed by atoms with E-state index < -0.39 is 0 Å². The molecular weight excluding hydrogens is 238 g/mol. The molecule has 2 rings (SSSR count). The molecule has 0 saturated carbocycles. The molecule has 1 heterocycles. The molecule has 1 saturated heterocycles. The summed E-state index contributed by atoms with van der Waals surface area (Å²) in [5.74, 6) is 0.702. The highest BCUT2D eigenvalue weighted by molar-refractivity contribution is 5.50. The van der Waals surface area contributed by atoms with Crippen LogP contribution >= 0.6 is 0 Å². The van der Waals surface area contributed by atoms with Gasteiger partial charge in [-0.05, 0) is 30.5 Å². The second kappa shape index (κ2) is 6.55. The van der Waals surface area contributed by atoms with Gasteiger partial charge in [-0.15, -0.1) is 0 Å². The minimum Gasteiger partial charge on any atom is -0.495 e. The molecule has 0 unspecified atom stereocenters. The molecule has 1 aromatic carbocycles. The summed E-state index contributed by atoms with van der Waals surface area (Å²) in [5, 5.41) is 12.5. The number of methoxy groups -OCH3 is 1. The molecular formula is C15H21N3O. The minimum atomic E-state index is 0.637. The Labute approximate surface area is 115 Å². The summed E-state index contributed by atoms with van der Waals surface area (Å²) in [7, 11) is 1.61. The van der Waals surface area contributed by atoms with Gasteiger partial charge in [-0.3, -0.25) is 0 Å². The fourth-order valence-corrected chi connectivity index (χ4v) is 2.57. The predicted molar refractivity (Wildman–Crippen MR) is 75.5 cm³/mol. The van der Waals surface area contributed by atoms with Gasteiger partial charge in [0.15, 0.2) is 0 Å². The van der Waals surface area contributed by atoms with E-state index in [1.165, 1.54) is 5.56 Å². The van der Waals surface area contributed by atoms with Crippen molar-refractivity contribution in [2.75, 3.05) is 39.8 Å². The van der Waals surface area contributed by atoms with Gasteiger partial charge < -0.3 is 15.0 Å². The molecule has 4 heteroatoms. The Kier molecular flexibility index (Phi) is 4.78. The van der Waals surface area contributed by atoms with Crippen LogP contribution in [0.3, 0.4) is 0 Å². The van der Waals surface area contributed by atoms with E-state index in [0.717, 1.165) is 44.7 Å². The van der Waals surface area contributed by atoms with Gasteiger partial charge in [-0.2, -0.15) is 5.26 Å². The maximum Gasteiger partial charge on any atom is 0.139 e. The van der Waals surface area contributed by atoms with E-state index in [4.69, 9.17) is 10.00 Å². The van der Waals surface area contributed by atoms with Crippen LogP contribution in [-0.4, -0.2) is 44.7 Å². The standard InChI is InChI=1S/C15H21N3O/c1-12-9-13(10-14(11-16)15(12)19-2)3-6-18-7-4-17-5-8-18/h9-10,17H,3-8H2,1-2H3. The Morgan fingerprint density at radius 3 is 2.74 bits per heavy atom. The molecule has 1 aliphatic heterocycles. The third-order valence-electron chi connectivity index (χ3n) is 3.59. The number of hydrogen-bond donors (Lipinski definition) is 1. The van der Waals surface area contributed by atoms with Gasteiger partial charge in [0, 0.05) is 32.7 Å². The Hall–Kier alpha value is -1.57. The molecule has 1 N–H and O–H groups in total. The van der Waals surface area contributed by atoms with Crippen molar-refractivity contribution in [3.8, 4) is 11.8 Å². The van der Waals surface area contributed by atoms with Crippen molar-refractivity contribution in [1.82, 2.24) is 10.2 Å². The Morgan fingerprint density at radius 2 is 2.11 bits per heavy atom. The Balaban J connectivity index is 2.04. The predicted octanol–water partition coefficient (Wildman–Crippen LogP) is 1.32. The molecule has 0 amide bonds. The van der Waals surface area contributed by atoms with Crippen molar-refractivity contribution < 1.29 is 4.74 Å². The number of piperazine rings is 1. The van der Waals surface area contributed by atoms with Gasteiger partial charge in [0.2, 0.25) is 0 Å². The molecule has 0 radical (unpaired) electrons. The van der Waals surface area contributed by atoms with Crippen molar-refractivity contribution >= 4 is 0 Å².